The third-order valence-electron chi connectivity index (χ3n) is 3.41. The first-order chi connectivity index (χ1) is 8.60. The second-order valence-electron chi connectivity index (χ2n) is 4.94. The maximum Gasteiger partial charge on any atom is 0.0474 e. The molecule has 3 nitrogen and oxygen atoms in total. The largest absolute Gasteiger partial charge is 0.385 e. The van der Waals surface area contributed by atoms with Crippen LogP contribution in [0.1, 0.15) is 29.2 Å². The monoisotopic (exact) mass is 250 g/mol. The Balaban J connectivity index is 2.78. The summed E-state index contributed by atoms with van der Waals surface area (Å²) in [7, 11) is 3.88. The van der Waals surface area contributed by atoms with E-state index in [1.54, 1.807) is 7.11 Å². The quantitative estimate of drug-likeness (QED) is 0.755. The maximum absolute atomic E-state index is 5.96. The first-order valence-corrected chi connectivity index (χ1v) is 6.56. The Morgan fingerprint density at radius 1 is 1.33 bits per heavy atom. The van der Waals surface area contributed by atoms with Crippen LogP contribution < -0.4 is 5.73 Å². The van der Waals surface area contributed by atoms with Gasteiger partial charge in [0, 0.05) is 32.8 Å². The Morgan fingerprint density at radius 2 is 2.06 bits per heavy atom. The summed E-state index contributed by atoms with van der Waals surface area (Å²) < 4.78 is 5.10. The zero-order chi connectivity index (χ0) is 13.5. The van der Waals surface area contributed by atoms with Gasteiger partial charge in [0.2, 0.25) is 0 Å². The van der Waals surface area contributed by atoms with Crippen molar-refractivity contribution in [3.8, 4) is 0 Å². The van der Waals surface area contributed by atoms with Crippen molar-refractivity contribution in [3.63, 3.8) is 0 Å². The topological polar surface area (TPSA) is 38.5 Å². The third kappa shape index (κ3) is 4.09. The molecule has 0 aromatic heterocycles. The lowest BCUT2D eigenvalue weighted by molar-refractivity contribution is 0.166. The molecule has 2 N–H and O–H groups in total. The number of likely N-dealkylation sites (N-methyl/N-ethyl adjacent to an activating group) is 1. The molecular weight excluding hydrogens is 224 g/mol. The van der Waals surface area contributed by atoms with E-state index in [-0.39, 0.29) is 0 Å². The van der Waals surface area contributed by atoms with Gasteiger partial charge in [-0.2, -0.15) is 0 Å². The number of rotatable bonds is 7. The van der Waals surface area contributed by atoms with E-state index in [0.717, 1.165) is 19.6 Å². The molecule has 0 heterocycles. The van der Waals surface area contributed by atoms with Gasteiger partial charge in [0.05, 0.1) is 0 Å². The molecule has 1 rings (SSSR count). The zero-order valence-electron chi connectivity index (χ0n) is 12.1. The first kappa shape index (κ1) is 15.2. The predicted octanol–water partition coefficient (Wildman–Crippen LogP) is 2.27. The van der Waals surface area contributed by atoms with E-state index in [1.807, 2.05) is 0 Å². The Morgan fingerprint density at radius 3 is 2.67 bits per heavy atom. The van der Waals surface area contributed by atoms with Gasteiger partial charge in [0.1, 0.15) is 0 Å². The molecule has 0 bridgehead atoms. The lowest BCUT2D eigenvalue weighted by atomic mass is 9.98. The molecule has 18 heavy (non-hydrogen) atoms. The highest BCUT2D eigenvalue weighted by atomic mass is 16.5. The summed E-state index contributed by atoms with van der Waals surface area (Å²) in [5.74, 6) is 0. The normalized spacial score (nSPS) is 13.0. The molecule has 0 aliphatic carbocycles. The summed E-state index contributed by atoms with van der Waals surface area (Å²) in [5.41, 5.74) is 9.91. The second-order valence-corrected chi connectivity index (χ2v) is 4.94. The van der Waals surface area contributed by atoms with E-state index in [0.29, 0.717) is 12.6 Å². The highest BCUT2D eigenvalue weighted by Gasteiger charge is 2.17. The molecule has 1 atom stereocenters. The second kappa shape index (κ2) is 7.52. The van der Waals surface area contributed by atoms with Gasteiger partial charge in [-0.15, -0.1) is 0 Å². The van der Waals surface area contributed by atoms with Crippen LogP contribution in [-0.2, 0) is 4.74 Å². The molecule has 0 radical (unpaired) electrons. The van der Waals surface area contributed by atoms with Crippen molar-refractivity contribution < 1.29 is 4.74 Å². The molecule has 1 aromatic rings. The maximum atomic E-state index is 5.96. The van der Waals surface area contributed by atoms with Crippen LogP contribution in [0, 0.1) is 13.8 Å². The Hall–Kier alpha value is -0.900. The number of benzene rings is 1. The molecule has 102 valence electrons. The van der Waals surface area contributed by atoms with Crippen LogP contribution in [0.5, 0.6) is 0 Å². The van der Waals surface area contributed by atoms with Gasteiger partial charge >= 0.3 is 0 Å². The molecule has 0 fully saturated rings. The molecule has 1 aromatic carbocycles. The number of nitrogens with zero attached hydrogens (tertiary/aromatic N) is 1. The van der Waals surface area contributed by atoms with Gasteiger partial charge in [-0.25, -0.2) is 0 Å². The lowest BCUT2D eigenvalue weighted by Gasteiger charge is -2.28. The lowest BCUT2D eigenvalue weighted by Crippen LogP contribution is -2.32. The van der Waals surface area contributed by atoms with Crippen molar-refractivity contribution in [1.29, 1.82) is 0 Å². The molecule has 1 unspecified atom stereocenters. The number of aryl methyl sites for hydroxylation is 2. The average Bonchev–Trinajstić information content (AvgIpc) is 2.35. The molecule has 0 aliphatic heterocycles. The molecule has 0 amide bonds. The van der Waals surface area contributed by atoms with Crippen LogP contribution in [-0.4, -0.2) is 38.8 Å². The zero-order valence-corrected chi connectivity index (χ0v) is 12.1. The third-order valence-corrected chi connectivity index (χ3v) is 3.41. The summed E-state index contributed by atoms with van der Waals surface area (Å²) in [5, 5.41) is 0. The Labute approximate surface area is 111 Å². The first-order valence-electron chi connectivity index (χ1n) is 6.56. The molecule has 0 aliphatic rings. The fraction of sp³-hybridized carbons (Fsp3) is 0.600. The number of methoxy groups -OCH3 is 1. The minimum atomic E-state index is 0.293. The standard InChI is InChI=1S/C15H26N2O/c1-12-6-7-13(2)14(10-12)15(11-16)17(3)8-5-9-18-4/h6-7,10,15H,5,8-9,11,16H2,1-4H3. The average molecular weight is 250 g/mol. The van der Waals surface area contributed by atoms with Gasteiger partial charge in [-0.3, -0.25) is 4.90 Å². The van der Waals surface area contributed by atoms with Gasteiger partial charge in [-0.1, -0.05) is 23.8 Å². The molecule has 0 spiro atoms. The fourth-order valence-electron chi connectivity index (χ4n) is 2.28. The SMILES string of the molecule is COCCCN(C)C(CN)c1cc(C)ccc1C. The summed E-state index contributed by atoms with van der Waals surface area (Å²) in [6.45, 7) is 6.73. The minimum Gasteiger partial charge on any atom is -0.385 e. The molecule has 3 heteroatoms. The minimum absolute atomic E-state index is 0.293. The van der Waals surface area contributed by atoms with Crippen LogP contribution >= 0.6 is 0 Å². The van der Waals surface area contributed by atoms with Crippen LogP contribution in [0.2, 0.25) is 0 Å². The summed E-state index contributed by atoms with van der Waals surface area (Å²) in [4.78, 5) is 2.32. The van der Waals surface area contributed by atoms with Crippen molar-refractivity contribution in [2.24, 2.45) is 5.73 Å². The summed E-state index contributed by atoms with van der Waals surface area (Å²) in [6.07, 6.45) is 1.04. The van der Waals surface area contributed by atoms with Gasteiger partial charge < -0.3 is 10.5 Å². The number of hydrogen-bond donors (Lipinski definition) is 1. The Kier molecular flexibility index (Phi) is 6.33. The van der Waals surface area contributed by atoms with Crippen LogP contribution in [0.15, 0.2) is 18.2 Å². The highest BCUT2D eigenvalue weighted by Crippen LogP contribution is 2.23. The van der Waals surface area contributed by atoms with Crippen LogP contribution in [0.25, 0.3) is 0 Å². The van der Waals surface area contributed by atoms with Crippen molar-refractivity contribution >= 4 is 0 Å². The van der Waals surface area contributed by atoms with Gasteiger partial charge in [0.15, 0.2) is 0 Å². The summed E-state index contributed by atoms with van der Waals surface area (Å²) in [6, 6.07) is 6.87. The van der Waals surface area contributed by atoms with Crippen LogP contribution in [0.3, 0.4) is 0 Å². The molecular formula is C15H26N2O. The fourth-order valence-corrected chi connectivity index (χ4v) is 2.28. The van der Waals surface area contributed by atoms with Crippen LogP contribution in [0.4, 0.5) is 0 Å². The number of nitrogens with two attached hydrogens (primary N) is 1. The van der Waals surface area contributed by atoms with E-state index >= 15 is 0 Å². The van der Waals surface area contributed by atoms with E-state index in [9.17, 15) is 0 Å². The van der Waals surface area contributed by atoms with Crippen molar-refractivity contribution in [3.05, 3.63) is 34.9 Å². The number of hydrogen-bond acceptors (Lipinski definition) is 3. The predicted molar refractivity (Wildman–Crippen MR) is 76.8 cm³/mol. The van der Waals surface area contributed by atoms with Crippen molar-refractivity contribution in [2.75, 3.05) is 33.9 Å². The van der Waals surface area contributed by atoms with Crippen molar-refractivity contribution in [2.45, 2.75) is 26.3 Å². The van der Waals surface area contributed by atoms with Crippen molar-refractivity contribution in [1.82, 2.24) is 4.90 Å². The number of ether oxygens (including phenoxy) is 1. The van der Waals surface area contributed by atoms with E-state index < -0.39 is 0 Å². The van der Waals surface area contributed by atoms with E-state index in [1.165, 1.54) is 16.7 Å². The van der Waals surface area contributed by atoms with Gasteiger partial charge in [-0.05, 0) is 38.4 Å². The van der Waals surface area contributed by atoms with E-state index in [4.69, 9.17) is 10.5 Å². The Bertz CT molecular complexity index is 366. The highest BCUT2D eigenvalue weighted by molar-refractivity contribution is 5.33. The van der Waals surface area contributed by atoms with Gasteiger partial charge in [0.25, 0.3) is 0 Å². The summed E-state index contributed by atoms with van der Waals surface area (Å²) >= 11 is 0. The van der Waals surface area contributed by atoms with E-state index in [2.05, 4.69) is 44.0 Å². The molecule has 0 saturated carbocycles. The molecule has 0 saturated heterocycles. The smallest absolute Gasteiger partial charge is 0.0474 e.